The highest BCUT2D eigenvalue weighted by atomic mass is 16.5. The van der Waals surface area contributed by atoms with Crippen molar-refractivity contribution in [1.82, 2.24) is 9.80 Å². The minimum atomic E-state index is 0.0295. The number of likely N-dealkylation sites (N-methyl/N-ethyl adjacent to an activating group) is 2. The van der Waals surface area contributed by atoms with Crippen LogP contribution in [-0.2, 0) is 0 Å². The molecule has 0 saturated heterocycles. The minimum absolute atomic E-state index is 0.0295. The van der Waals surface area contributed by atoms with Crippen LogP contribution in [0.2, 0.25) is 0 Å². The van der Waals surface area contributed by atoms with Crippen LogP contribution in [0.3, 0.4) is 0 Å². The average Bonchev–Trinajstić information content (AvgIpc) is 2.42. The Labute approximate surface area is 122 Å². The predicted octanol–water partition coefficient (Wildman–Crippen LogP) is 2.36. The van der Waals surface area contributed by atoms with Gasteiger partial charge in [0.25, 0.3) is 5.91 Å². The van der Waals surface area contributed by atoms with Crippen LogP contribution in [0.4, 0.5) is 0 Å². The van der Waals surface area contributed by atoms with Crippen LogP contribution in [-0.4, -0.2) is 56.5 Å². The molecule has 1 rings (SSSR count). The van der Waals surface area contributed by atoms with Crippen LogP contribution < -0.4 is 4.74 Å². The summed E-state index contributed by atoms with van der Waals surface area (Å²) in [6, 6.07) is 7.40. The van der Waals surface area contributed by atoms with Gasteiger partial charge in [-0.05, 0) is 38.2 Å². The highest BCUT2D eigenvalue weighted by Gasteiger charge is 2.12. The van der Waals surface area contributed by atoms with E-state index in [9.17, 15) is 4.79 Å². The van der Waals surface area contributed by atoms with Gasteiger partial charge in [-0.1, -0.05) is 19.9 Å². The molecule has 20 heavy (non-hydrogen) atoms. The molecule has 0 atom stereocenters. The molecule has 112 valence electrons. The third kappa shape index (κ3) is 5.61. The first-order valence-corrected chi connectivity index (χ1v) is 7.03. The fraction of sp³-hybridized carbons (Fsp3) is 0.562. The lowest BCUT2D eigenvalue weighted by atomic mass is 10.2. The fourth-order valence-electron chi connectivity index (χ4n) is 1.65. The molecule has 0 aliphatic carbocycles. The van der Waals surface area contributed by atoms with Crippen molar-refractivity contribution in [3.63, 3.8) is 0 Å². The molecular weight excluding hydrogens is 252 g/mol. The lowest BCUT2D eigenvalue weighted by molar-refractivity contribution is 0.0786. The molecule has 0 heterocycles. The molecule has 1 aromatic rings. The first-order chi connectivity index (χ1) is 9.40. The summed E-state index contributed by atoms with van der Waals surface area (Å²) in [6.45, 7) is 6.43. The van der Waals surface area contributed by atoms with Crippen molar-refractivity contribution in [3.8, 4) is 5.75 Å². The summed E-state index contributed by atoms with van der Waals surface area (Å²) in [5.74, 6) is 1.25. The molecule has 0 fully saturated rings. The molecule has 1 amide bonds. The Morgan fingerprint density at radius 3 is 2.50 bits per heavy atom. The number of amides is 1. The van der Waals surface area contributed by atoms with E-state index >= 15 is 0 Å². The first kappa shape index (κ1) is 16.5. The third-order valence-corrected chi connectivity index (χ3v) is 2.89. The van der Waals surface area contributed by atoms with Gasteiger partial charge in [-0.25, -0.2) is 0 Å². The van der Waals surface area contributed by atoms with E-state index in [0.29, 0.717) is 24.6 Å². The van der Waals surface area contributed by atoms with E-state index in [-0.39, 0.29) is 5.91 Å². The summed E-state index contributed by atoms with van der Waals surface area (Å²) < 4.78 is 5.66. The molecule has 0 radical (unpaired) electrons. The van der Waals surface area contributed by atoms with Gasteiger partial charge in [0.2, 0.25) is 0 Å². The molecule has 0 aromatic heterocycles. The van der Waals surface area contributed by atoms with Crippen molar-refractivity contribution < 1.29 is 9.53 Å². The van der Waals surface area contributed by atoms with Crippen molar-refractivity contribution in [2.75, 3.05) is 40.8 Å². The highest BCUT2D eigenvalue weighted by Crippen LogP contribution is 2.15. The van der Waals surface area contributed by atoms with Gasteiger partial charge < -0.3 is 14.5 Å². The zero-order chi connectivity index (χ0) is 15.1. The predicted molar refractivity (Wildman–Crippen MR) is 82.3 cm³/mol. The first-order valence-electron chi connectivity index (χ1n) is 7.03. The summed E-state index contributed by atoms with van der Waals surface area (Å²) >= 11 is 0. The monoisotopic (exact) mass is 278 g/mol. The van der Waals surface area contributed by atoms with Gasteiger partial charge in [0.1, 0.15) is 5.75 Å². The molecule has 4 heteroatoms. The van der Waals surface area contributed by atoms with E-state index < -0.39 is 0 Å². The molecule has 0 aliphatic rings. The Morgan fingerprint density at radius 1 is 1.20 bits per heavy atom. The molecule has 0 saturated carbocycles. The zero-order valence-corrected chi connectivity index (χ0v) is 13.2. The zero-order valence-electron chi connectivity index (χ0n) is 13.2. The SMILES string of the molecule is CC(C)COc1cccc(C(=O)N(C)CCN(C)C)c1. The van der Waals surface area contributed by atoms with Gasteiger partial charge in [-0.15, -0.1) is 0 Å². The Morgan fingerprint density at radius 2 is 1.90 bits per heavy atom. The average molecular weight is 278 g/mol. The second-order valence-corrected chi connectivity index (χ2v) is 5.76. The highest BCUT2D eigenvalue weighted by molar-refractivity contribution is 5.94. The summed E-state index contributed by atoms with van der Waals surface area (Å²) in [5.41, 5.74) is 0.674. The summed E-state index contributed by atoms with van der Waals surface area (Å²) in [7, 11) is 5.82. The quantitative estimate of drug-likeness (QED) is 0.767. The Kier molecular flexibility index (Phi) is 6.52. The van der Waals surface area contributed by atoms with Crippen LogP contribution in [0.5, 0.6) is 5.75 Å². The van der Waals surface area contributed by atoms with Crippen LogP contribution in [0.25, 0.3) is 0 Å². The lowest BCUT2D eigenvalue weighted by Gasteiger charge is -2.20. The molecule has 4 nitrogen and oxygen atoms in total. The number of hydrogen-bond donors (Lipinski definition) is 0. The maximum atomic E-state index is 12.3. The summed E-state index contributed by atoms with van der Waals surface area (Å²) in [5, 5.41) is 0. The molecular formula is C16H26N2O2. The fourth-order valence-corrected chi connectivity index (χ4v) is 1.65. The molecule has 0 bridgehead atoms. The normalized spacial score (nSPS) is 10.9. The van der Waals surface area contributed by atoms with Crippen molar-refractivity contribution in [1.29, 1.82) is 0 Å². The maximum Gasteiger partial charge on any atom is 0.253 e. The molecule has 0 spiro atoms. The Balaban J connectivity index is 2.65. The summed E-state index contributed by atoms with van der Waals surface area (Å²) in [6.07, 6.45) is 0. The molecule has 0 unspecified atom stereocenters. The standard InChI is InChI=1S/C16H26N2O2/c1-13(2)12-20-15-8-6-7-14(11-15)16(19)18(5)10-9-17(3)4/h6-8,11,13H,9-10,12H2,1-5H3. The maximum absolute atomic E-state index is 12.3. The van der Waals surface area contributed by atoms with Crippen molar-refractivity contribution in [2.45, 2.75) is 13.8 Å². The van der Waals surface area contributed by atoms with Crippen molar-refractivity contribution >= 4 is 5.91 Å². The van der Waals surface area contributed by atoms with Gasteiger partial charge in [0, 0.05) is 25.7 Å². The summed E-state index contributed by atoms with van der Waals surface area (Å²) in [4.78, 5) is 16.1. The van der Waals surface area contributed by atoms with Gasteiger partial charge >= 0.3 is 0 Å². The largest absolute Gasteiger partial charge is 0.493 e. The molecule has 0 N–H and O–H groups in total. The lowest BCUT2D eigenvalue weighted by Crippen LogP contribution is -2.33. The number of nitrogens with zero attached hydrogens (tertiary/aromatic N) is 2. The second kappa shape index (κ2) is 7.90. The Bertz CT molecular complexity index is 430. The van der Waals surface area contributed by atoms with Crippen LogP contribution >= 0.6 is 0 Å². The number of ether oxygens (including phenoxy) is 1. The van der Waals surface area contributed by atoms with Gasteiger partial charge in [0.05, 0.1) is 6.61 Å². The van der Waals surface area contributed by atoms with Crippen LogP contribution in [0, 0.1) is 5.92 Å². The van der Waals surface area contributed by atoms with Gasteiger partial charge in [-0.2, -0.15) is 0 Å². The van der Waals surface area contributed by atoms with Crippen molar-refractivity contribution in [3.05, 3.63) is 29.8 Å². The smallest absolute Gasteiger partial charge is 0.253 e. The van der Waals surface area contributed by atoms with Gasteiger partial charge in [-0.3, -0.25) is 4.79 Å². The topological polar surface area (TPSA) is 32.8 Å². The van der Waals surface area contributed by atoms with E-state index in [0.717, 1.165) is 12.3 Å². The molecule has 0 aliphatic heterocycles. The van der Waals surface area contributed by atoms with E-state index in [4.69, 9.17) is 4.74 Å². The van der Waals surface area contributed by atoms with Gasteiger partial charge in [0.15, 0.2) is 0 Å². The number of rotatable bonds is 7. The number of carbonyl (C=O) groups is 1. The van der Waals surface area contributed by atoms with E-state index in [1.807, 2.05) is 45.4 Å². The second-order valence-electron chi connectivity index (χ2n) is 5.76. The Hall–Kier alpha value is -1.55. The third-order valence-electron chi connectivity index (χ3n) is 2.89. The van der Waals surface area contributed by atoms with E-state index in [2.05, 4.69) is 18.7 Å². The number of benzene rings is 1. The molecule has 1 aromatic carbocycles. The van der Waals surface area contributed by atoms with Crippen LogP contribution in [0.15, 0.2) is 24.3 Å². The van der Waals surface area contributed by atoms with Crippen LogP contribution in [0.1, 0.15) is 24.2 Å². The van der Waals surface area contributed by atoms with Crippen molar-refractivity contribution in [2.24, 2.45) is 5.92 Å². The number of hydrogen-bond acceptors (Lipinski definition) is 3. The van der Waals surface area contributed by atoms with E-state index in [1.165, 1.54) is 0 Å². The minimum Gasteiger partial charge on any atom is -0.493 e. The number of carbonyl (C=O) groups excluding carboxylic acids is 1. The van der Waals surface area contributed by atoms with E-state index in [1.54, 1.807) is 4.90 Å².